The van der Waals surface area contributed by atoms with Crippen LogP contribution in [-0.2, 0) is 15.1 Å². The van der Waals surface area contributed by atoms with Gasteiger partial charge < -0.3 is 10.4 Å². The van der Waals surface area contributed by atoms with E-state index in [4.69, 9.17) is 23.2 Å². The van der Waals surface area contributed by atoms with Crippen LogP contribution in [0.25, 0.3) is 0 Å². The molecule has 1 fully saturated rings. The molecule has 4 rings (SSSR count). The second-order valence-electron chi connectivity index (χ2n) is 8.34. The minimum absolute atomic E-state index is 0.156. The minimum Gasteiger partial charge on any atom is -0.481 e. The van der Waals surface area contributed by atoms with E-state index < -0.39 is 23.3 Å². The molecule has 0 radical (unpaired) electrons. The Morgan fingerprint density at radius 2 is 1.93 bits per heavy atom. The molecule has 0 bridgehead atoms. The van der Waals surface area contributed by atoms with Crippen LogP contribution in [0, 0.1) is 5.92 Å². The third-order valence-corrected chi connectivity index (χ3v) is 6.87. The molecule has 158 valence electrons. The number of carbonyl (C=O) groups is 2. The summed E-state index contributed by atoms with van der Waals surface area (Å²) in [6.07, 6.45) is 2.30. The zero-order valence-corrected chi connectivity index (χ0v) is 18.4. The predicted molar refractivity (Wildman–Crippen MR) is 118 cm³/mol. The Hall–Kier alpha value is -2.08. The van der Waals surface area contributed by atoms with E-state index in [-0.39, 0.29) is 11.9 Å². The van der Waals surface area contributed by atoms with Crippen molar-refractivity contribution in [1.82, 2.24) is 4.90 Å². The number of benzene rings is 2. The number of aliphatic carboxylic acids is 1. The summed E-state index contributed by atoms with van der Waals surface area (Å²) in [4.78, 5) is 27.6. The van der Waals surface area contributed by atoms with E-state index in [1.807, 2.05) is 31.3 Å². The highest BCUT2D eigenvalue weighted by molar-refractivity contribution is 6.31. The largest absolute Gasteiger partial charge is 0.481 e. The average Bonchev–Trinajstić information content (AvgIpc) is 3.49. The summed E-state index contributed by atoms with van der Waals surface area (Å²) in [5.41, 5.74) is 1.31. The number of anilines is 1. The van der Waals surface area contributed by atoms with Crippen molar-refractivity contribution in [2.24, 2.45) is 5.92 Å². The number of hydrogen-bond acceptors (Lipinski definition) is 3. The van der Waals surface area contributed by atoms with E-state index in [1.54, 1.807) is 25.1 Å². The minimum atomic E-state index is -1.05. The molecule has 0 spiro atoms. The highest BCUT2D eigenvalue weighted by Gasteiger charge is 2.58. The SMILES string of the molecule is CC(CC(c1cccc(Cl)c1)C1(N(C)C2CC2)C(=O)Nc2cc(Cl)ccc21)C(=O)O. The fraction of sp³-hybridized carbons (Fsp3) is 0.391. The number of halogens is 2. The Morgan fingerprint density at radius 3 is 2.57 bits per heavy atom. The van der Waals surface area contributed by atoms with Gasteiger partial charge in [0.05, 0.1) is 5.92 Å². The number of carboxylic acid groups (broad SMARTS) is 1. The quantitative estimate of drug-likeness (QED) is 0.618. The molecule has 1 aliphatic heterocycles. The van der Waals surface area contributed by atoms with Crippen molar-refractivity contribution in [1.29, 1.82) is 0 Å². The van der Waals surface area contributed by atoms with Gasteiger partial charge in [0, 0.05) is 33.3 Å². The Morgan fingerprint density at radius 1 is 1.23 bits per heavy atom. The molecule has 3 atom stereocenters. The molecule has 2 N–H and O–H groups in total. The molecule has 2 aromatic rings. The summed E-state index contributed by atoms with van der Waals surface area (Å²) in [6.45, 7) is 1.68. The van der Waals surface area contributed by atoms with Gasteiger partial charge in [-0.15, -0.1) is 0 Å². The van der Waals surface area contributed by atoms with Gasteiger partial charge in [-0.05, 0) is 56.1 Å². The number of fused-ring (bicyclic) bond motifs is 1. The van der Waals surface area contributed by atoms with Crippen LogP contribution in [0.15, 0.2) is 42.5 Å². The van der Waals surface area contributed by atoms with Gasteiger partial charge in [-0.25, -0.2) is 0 Å². The van der Waals surface area contributed by atoms with Gasteiger partial charge in [0.25, 0.3) is 0 Å². The number of amides is 1. The van der Waals surface area contributed by atoms with E-state index >= 15 is 0 Å². The summed E-state index contributed by atoms with van der Waals surface area (Å²) < 4.78 is 0. The number of likely N-dealkylation sites (N-methyl/N-ethyl adjacent to an activating group) is 1. The smallest absolute Gasteiger partial charge is 0.306 e. The predicted octanol–water partition coefficient (Wildman–Crippen LogP) is 5.13. The fourth-order valence-corrected chi connectivity index (χ4v) is 5.08. The fourth-order valence-electron chi connectivity index (χ4n) is 4.71. The maximum absolute atomic E-state index is 13.7. The van der Waals surface area contributed by atoms with E-state index in [0.717, 1.165) is 24.0 Å². The summed E-state index contributed by atoms with van der Waals surface area (Å²) in [6, 6.07) is 13.1. The van der Waals surface area contributed by atoms with Crippen LogP contribution in [0.2, 0.25) is 10.0 Å². The second-order valence-corrected chi connectivity index (χ2v) is 9.21. The number of nitrogens with zero attached hydrogens (tertiary/aromatic N) is 1. The van der Waals surface area contributed by atoms with Crippen molar-refractivity contribution in [3.8, 4) is 0 Å². The van der Waals surface area contributed by atoms with Crippen molar-refractivity contribution >= 4 is 40.8 Å². The van der Waals surface area contributed by atoms with Gasteiger partial charge in [0.1, 0.15) is 5.54 Å². The first-order chi connectivity index (χ1) is 14.2. The number of carbonyl (C=O) groups excluding carboxylic acids is 1. The summed E-state index contributed by atoms with van der Waals surface area (Å²) in [5.74, 6) is -2.09. The van der Waals surface area contributed by atoms with Crippen molar-refractivity contribution in [2.45, 2.75) is 43.7 Å². The maximum Gasteiger partial charge on any atom is 0.306 e. The maximum atomic E-state index is 13.7. The van der Waals surface area contributed by atoms with Crippen LogP contribution < -0.4 is 5.32 Å². The van der Waals surface area contributed by atoms with E-state index in [2.05, 4.69) is 10.2 Å². The summed E-state index contributed by atoms with van der Waals surface area (Å²) in [7, 11) is 1.96. The van der Waals surface area contributed by atoms with E-state index in [0.29, 0.717) is 22.2 Å². The van der Waals surface area contributed by atoms with Gasteiger partial charge in [0.15, 0.2) is 0 Å². The number of hydrogen-bond donors (Lipinski definition) is 2. The highest BCUT2D eigenvalue weighted by Crippen LogP contribution is 2.54. The van der Waals surface area contributed by atoms with Crippen LogP contribution in [-0.4, -0.2) is 35.0 Å². The van der Waals surface area contributed by atoms with Crippen molar-refractivity contribution in [2.75, 3.05) is 12.4 Å². The summed E-state index contributed by atoms with van der Waals surface area (Å²) in [5, 5.41) is 13.8. The molecule has 1 saturated carbocycles. The van der Waals surface area contributed by atoms with Crippen LogP contribution in [0.3, 0.4) is 0 Å². The monoisotopic (exact) mass is 446 g/mol. The van der Waals surface area contributed by atoms with Crippen molar-refractivity contribution in [3.05, 3.63) is 63.6 Å². The molecule has 1 aliphatic carbocycles. The molecule has 0 aromatic heterocycles. The van der Waals surface area contributed by atoms with Crippen molar-refractivity contribution in [3.63, 3.8) is 0 Å². The van der Waals surface area contributed by atoms with Crippen LogP contribution >= 0.6 is 23.2 Å². The normalized spacial score (nSPS) is 22.5. The first-order valence-corrected chi connectivity index (χ1v) is 10.8. The molecule has 30 heavy (non-hydrogen) atoms. The molecule has 0 saturated heterocycles. The lowest BCUT2D eigenvalue weighted by molar-refractivity contribution is -0.142. The zero-order valence-electron chi connectivity index (χ0n) is 16.9. The molecule has 7 heteroatoms. The lowest BCUT2D eigenvalue weighted by atomic mass is 9.70. The topological polar surface area (TPSA) is 69.6 Å². The van der Waals surface area contributed by atoms with Gasteiger partial charge in [-0.1, -0.05) is 48.3 Å². The first kappa shape index (κ1) is 21.2. The molecule has 2 aromatic carbocycles. The molecule has 3 unspecified atom stereocenters. The number of rotatable bonds is 7. The Bertz CT molecular complexity index is 1010. The second kappa shape index (κ2) is 7.88. The van der Waals surface area contributed by atoms with Crippen LogP contribution in [0.4, 0.5) is 5.69 Å². The summed E-state index contributed by atoms with van der Waals surface area (Å²) >= 11 is 12.5. The molecule has 1 amide bonds. The van der Waals surface area contributed by atoms with Crippen molar-refractivity contribution < 1.29 is 14.7 Å². The average molecular weight is 447 g/mol. The zero-order chi connectivity index (χ0) is 21.6. The lowest BCUT2D eigenvalue weighted by Crippen LogP contribution is -2.54. The molecule has 1 heterocycles. The Kier molecular flexibility index (Phi) is 5.56. The van der Waals surface area contributed by atoms with Crippen LogP contribution in [0.1, 0.15) is 43.2 Å². The first-order valence-electron chi connectivity index (χ1n) is 10.1. The Balaban J connectivity index is 1.95. The van der Waals surface area contributed by atoms with E-state index in [1.165, 1.54) is 0 Å². The van der Waals surface area contributed by atoms with Gasteiger partial charge in [-0.2, -0.15) is 0 Å². The lowest BCUT2D eigenvalue weighted by Gasteiger charge is -2.44. The molecule has 5 nitrogen and oxygen atoms in total. The third kappa shape index (κ3) is 3.49. The van der Waals surface area contributed by atoms with Gasteiger partial charge >= 0.3 is 5.97 Å². The van der Waals surface area contributed by atoms with E-state index in [9.17, 15) is 14.7 Å². The van der Waals surface area contributed by atoms with Gasteiger partial charge in [-0.3, -0.25) is 14.5 Å². The number of carboxylic acids is 1. The molecule has 2 aliphatic rings. The van der Waals surface area contributed by atoms with Crippen LogP contribution in [0.5, 0.6) is 0 Å². The Labute approximate surface area is 186 Å². The molecular formula is C23H24Cl2N2O3. The standard InChI is InChI=1S/C23H24Cl2N2O3/c1-13(21(28)29)10-19(14-4-3-5-15(24)11-14)23(27(2)17-7-8-17)18-9-6-16(25)12-20(18)26-22(23)30/h3-6,9,11-13,17,19H,7-8,10H2,1-2H3,(H,26,30)(H,28,29). The third-order valence-electron chi connectivity index (χ3n) is 6.40. The highest BCUT2D eigenvalue weighted by atomic mass is 35.5. The van der Waals surface area contributed by atoms with Gasteiger partial charge in [0.2, 0.25) is 5.91 Å². The number of nitrogens with one attached hydrogen (secondary N) is 1. The molecular weight excluding hydrogens is 423 g/mol.